The van der Waals surface area contributed by atoms with Crippen LogP contribution in [0.1, 0.15) is 19.8 Å². The van der Waals surface area contributed by atoms with Crippen molar-refractivity contribution in [3.63, 3.8) is 0 Å². The van der Waals surface area contributed by atoms with E-state index in [0.29, 0.717) is 31.7 Å². The molecular weight excluding hydrogens is 330 g/mol. The molecule has 0 saturated carbocycles. The van der Waals surface area contributed by atoms with Crippen molar-refractivity contribution >= 4 is 21.7 Å². The number of nitrogens with zero attached hydrogens (tertiary/aromatic N) is 4. The lowest BCUT2D eigenvalue weighted by molar-refractivity contribution is -0.121. The van der Waals surface area contributed by atoms with E-state index < -0.39 is 16.1 Å². The SMILES string of the molecule is CCn1nccc1N1CCC[C@@H](NS(=O)(=O)c2ccccn2)C1=O. The first-order chi connectivity index (χ1) is 11.5. The van der Waals surface area contributed by atoms with Crippen molar-refractivity contribution in [2.24, 2.45) is 0 Å². The Labute approximate surface area is 140 Å². The number of carbonyl (C=O) groups excluding carboxylic acids is 1. The van der Waals surface area contributed by atoms with Crippen LogP contribution in [0.25, 0.3) is 0 Å². The van der Waals surface area contributed by atoms with Crippen LogP contribution in [0, 0.1) is 0 Å². The number of rotatable bonds is 5. The highest BCUT2D eigenvalue weighted by Crippen LogP contribution is 2.22. The van der Waals surface area contributed by atoms with Gasteiger partial charge in [-0.3, -0.25) is 9.69 Å². The third-order valence-electron chi connectivity index (χ3n) is 3.92. The van der Waals surface area contributed by atoms with Crippen LogP contribution in [0.4, 0.5) is 5.82 Å². The smallest absolute Gasteiger partial charge is 0.258 e. The number of pyridine rings is 1. The van der Waals surface area contributed by atoms with E-state index in [-0.39, 0.29) is 10.9 Å². The number of nitrogens with one attached hydrogen (secondary N) is 1. The summed E-state index contributed by atoms with van der Waals surface area (Å²) in [4.78, 5) is 18.2. The molecule has 128 valence electrons. The normalized spacial score (nSPS) is 18.8. The van der Waals surface area contributed by atoms with Crippen LogP contribution in [-0.2, 0) is 21.4 Å². The van der Waals surface area contributed by atoms with Gasteiger partial charge in [-0.25, -0.2) is 18.1 Å². The summed E-state index contributed by atoms with van der Waals surface area (Å²) in [6.07, 6.45) is 4.20. The fourth-order valence-corrected chi connectivity index (χ4v) is 3.94. The van der Waals surface area contributed by atoms with E-state index in [1.165, 1.54) is 12.3 Å². The molecule has 3 heterocycles. The Morgan fingerprint density at radius 2 is 2.12 bits per heavy atom. The summed E-state index contributed by atoms with van der Waals surface area (Å²) in [6.45, 7) is 3.12. The number of hydrogen-bond donors (Lipinski definition) is 1. The first-order valence-electron chi connectivity index (χ1n) is 7.79. The molecule has 24 heavy (non-hydrogen) atoms. The predicted molar refractivity (Wildman–Crippen MR) is 87.8 cm³/mol. The van der Waals surface area contributed by atoms with E-state index in [0.717, 1.165) is 0 Å². The number of anilines is 1. The molecule has 0 aromatic carbocycles. The van der Waals surface area contributed by atoms with Gasteiger partial charge in [0.05, 0.1) is 6.20 Å². The van der Waals surface area contributed by atoms with Crippen molar-refractivity contribution in [3.8, 4) is 0 Å². The van der Waals surface area contributed by atoms with E-state index in [9.17, 15) is 13.2 Å². The third kappa shape index (κ3) is 3.17. The maximum absolute atomic E-state index is 12.7. The summed E-state index contributed by atoms with van der Waals surface area (Å²) in [6, 6.07) is 5.59. The molecule has 1 amide bonds. The highest BCUT2D eigenvalue weighted by atomic mass is 32.2. The molecule has 1 N–H and O–H groups in total. The van der Waals surface area contributed by atoms with Gasteiger partial charge in [0.25, 0.3) is 10.0 Å². The van der Waals surface area contributed by atoms with Gasteiger partial charge in [-0.05, 0) is 31.9 Å². The maximum Gasteiger partial charge on any atom is 0.258 e. The lowest BCUT2D eigenvalue weighted by atomic mass is 10.1. The summed E-state index contributed by atoms with van der Waals surface area (Å²) in [5.74, 6) is 0.417. The molecule has 0 spiro atoms. The second kappa shape index (κ2) is 6.70. The molecule has 0 aliphatic carbocycles. The molecule has 1 aliphatic heterocycles. The number of amides is 1. The first kappa shape index (κ1) is 16.6. The van der Waals surface area contributed by atoms with Crippen molar-refractivity contribution in [1.82, 2.24) is 19.5 Å². The third-order valence-corrected chi connectivity index (χ3v) is 5.31. The molecule has 1 fully saturated rings. The maximum atomic E-state index is 12.7. The van der Waals surface area contributed by atoms with Gasteiger partial charge in [0.15, 0.2) is 5.03 Å². The average molecular weight is 349 g/mol. The number of hydrogen-bond acceptors (Lipinski definition) is 5. The van der Waals surface area contributed by atoms with Gasteiger partial charge in [0.1, 0.15) is 11.9 Å². The largest absolute Gasteiger partial charge is 0.296 e. The Morgan fingerprint density at radius 1 is 1.29 bits per heavy atom. The van der Waals surface area contributed by atoms with Crippen molar-refractivity contribution < 1.29 is 13.2 Å². The van der Waals surface area contributed by atoms with Crippen LogP contribution in [-0.4, -0.2) is 41.7 Å². The van der Waals surface area contributed by atoms with Gasteiger partial charge in [0, 0.05) is 25.4 Å². The van der Waals surface area contributed by atoms with Gasteiger partial charge in [0.2, 0.25) is 5.91 Å². The lowest BCUT2D eigenvalue weighted by Gasteiger charge is -2.32. The van der Waals surface area contributed by atoms with Gasteiger partial charge in [-0.15, -0.1) is 0 Å². The van der Waals surface area contributed by atoms with Crippen LogP contribution in [0.3, 0.4) is 0 Å². The highest BCUT2D eigenvalue weighted by molar-refractivity contribution is 7.89. The molecule has 2 aromatic heterocycles. The number of aryl methyl sites for hydroxylation is 1. The molecule has 1 atom stereocenters. The Kier molecular flexibility index (Phi) is 4.63. The first-order valence-corrected chi connectivity index (χ1v) is 9.28. The number of sulfonamides is 1. The summed E-state index contributed by atoms with van der Waals surface area (Å²) in [5, 5.41) is 4.08. The fourth-order valence-electron chi connectivity index (χ4n) is 2.76. The molecule has 2 aromatic rings. The summed E-state index contributed by atoms with van der Waals surface area (Å²) < 4.78 is 29.0. The molecule has 8 nitrogen and oxygen atoms in total. The van der Waals surface area contributed by atoms with Crippen molar-refractivity contribution in [2.75, 3.05) is 11.4 Å². The minimum absolute atomic E-state index is 0.0893. The monoisotopic (exact) mass is 349 g/mol. The number of aromatic nitrogens is 3. The minimum atomic E-state index is -3.83. The standard InChI is InChI=1S/C15H19N5O3S/c1-2-20-14(8-10-17-20)19-11-5-6-12(15(19)21)18-24(22,23)13-7-3-4-9-16-13/h3-4,7-10,12,18H,2,5-6,11H2,1H3/t12-/m1/s1. The molecule has 0 bridgehead atoms. The molecule has 1 aliphatic rings. The Hall–Kier alpha value is -2.26. The molecule has 0 radical (unpaired) electrons. The Bertz CT molecular complexity index is 819. The zero-order valence-electron chi connectivity index (χ0n) is 13.3. The zero-order valence-corrected chi connectivity index (χ0v) is 14.1. The summed E-state index contributed by atoms with van der Waals surface area (Å²) >= 11 is 0. The van der Waals surface area contributed by atoms with Gasteiger partial charge < -0.3 is 0 Å². The van der Waals surface area contributed by atoms with Crippen LogP contribution in [0.5, 0.6) is 0 Å². The van der Waals surface area contributed by atoms with Gasteiger partial charge in [-0.2, -0.15) is 9.82 Å². The van der Waals surface area contributed by atoms with Crippen LogP contribution in [0.15, 0.2) is 41.7 Å². The van der Waals surface area contributed by atoms with Crippen LogP contribution in [0.2, 0.25) is 0 Å². The predicted octanol–water partition coefficient (Wildman–Crippen LogP) is 0.772. The van der Waals surface area contributed by atoms with Crippen LogP contribution >= 0.6 is 0 Å². The zero-order chi connectivity index (χ0) is 17.2. The average Bonchev–Trinajstić information content (AvgIpc) is 3.06. The van der Waals surface area contributed by atoms with E-state index >= 15 is 0 Å². The van der Waals surface area contributed by atoms with E-state index in [1.807, 2.05) is 6.92 Å². The summed E-state index contributed by atoms with van der Waals surface area (Å²) in [7, 11) is -3.83. The minimum Gasteiger partial charge on any atom is -0.296 e. The lowest BCUT2D eigenvalue weighted by Crippen LogP contribution is -2.52. The topological polar surface area (TPSA) is 97.2 Å². The van der Waals surface area contributed by atoms with Gasteiger partial charge >= 0.3 is 0 Å². The molecule has 9 heteroatoms. The Balaban J connectivity index is 1.81. The number of carbonyl (C=O) groups is 1. The van der Waals surface area contributed by atoms with Crippen molar-refractivity contribution in [1.29, 1.82) is 0 Å². The van der Waals surface area contributed by atoms with Gasteiger partial charge in [-0.1, -0.05) is 6.07 Å². The van der Waals surface area contributed by atoms with E-state index in [4.69, 9.17) is 0 Å². The summed E-state index contributed by atoms with van der Waals surface area (Å²) in [5.41, 5.74) is 0. The van der Waals surface area contributed by atoms with Crippen molar-refractivity contribution in [3.05, 3.63) is 36.7 Å². The second-order valence-corrected chi connectivity index (χ2v) is 7.14. The van der Waals surface area contributed by atoms with E-state index in [2.05, 4.69) is 14.8 Å². The quantitative estimate of drug-likeness (QED) is 0.860. The van der Waals surface area contributed by atoms with Crippen molar-refractivity contribution in [2.45, 2.75) is 37.4 Å². The number of piperidine rings is 1. The highest BCUT2D eigenvalue weighted by Gasteiger charge is 2.34. The molecule has 0 unspecified atom stereocenters. The molecule has 3 rings (SSSR count). The van der Waals surface area contributed by atoms with Crippen LogP contribution < -0.4 is 9.62 Å². The second-order valence-electron chi connectivity index (χ2n) is 5.48. The van der Waals surface area contributed by atoms with E-state index in [1.54, 1.807) is 34.0 Å². The fraction of sp³-hybridized carbons (Fsp3) is 0.400. The Morgan fingerprint density at radius 3 is 2.83 bits per heavy atom. The molecule has 1 saturated heterocycles. The molecular formula is C15H19N5O3S.